The van der Waals surface area contributed by atoms with Crippen LogP contribution in [0.1, 0.15) is 36.5 Å². The highest BCUT2D eigenvalue weighted by atomic mass is 16.6. The standard InChI is InChI=1S/C28H37N7O4/c1-2-30-22-15-23(33-27-24(22)18(16-29)17-31-27)32-21-4-3-20(25-26(21)39-14-13-38-25)28(36)35-7-5-19(6-8-35)34-9-11-37-12-10-34/h3-4,17,19,22,24,27,30-31H,2,5-15H2,1H3,(H,32,33). The van der Waals surface area contributed by atoms with E-state index in [1.165, 1.54) is 0 Å². The summed E-state index contributed by atoms with van der Waals surface area (Å²) in [5, 5.41) is 19.8. The lowest BCUT2D eigenvalue weighted by Gasteiger charge is -2.40. The van der Waals surface area contributed by atoms with Gasteiger partial charge in [0.15, 0.2) is 11.5 Å². The number of carbonyl (C=O) groups is 1. The molecule has 5 aliphatic rings. The molecule has 3 N–H and O–H groups in total. The molecule has 3 atom stereocenters. The number of piperidine rings is 1. The highest BCUT2D eigenvalue weighted by Crippen LogP contribution is 2.42. The number of morpholine rings is 1. The van der Waals surface area contributed by atoms with E-state index in [2.05, 4.69) is 33.8 Å². The molecule has 1 aromatic rings. The topological polar surface area (TPSA) is 123 Å². The first-order chi connectivity index (χ1) is 19.2. The molecule has 11 heteroatoms. The first-order valence-electron chi connectivity index (χ1n) is 14.1. The fourth-order valence-electron chi connectivity index (χ4n) is 6.41. The van der Waals surface area contributed by atoms with Gasteiger partial charge in [-0.3, -0.25) is 9.69 Å². The Morgan fingerprint density at radius 3 is 2.64 bits per heavy atom. The van der Waals surface area contributed by atoms with Gasteiger partial charge in [-0.1, -0.05) is 6.92 Å². The van der Waals surface area contributed by atoms with Gasteiger partial charge in [-0.25, -0.2) is 4.99 Å². The Bertz CT molecular complexity index is 1180. The lowest BCUT2D eigenvalue weighted by Crippen LogP contribution is -2.50. The van der Waals surface area contributed by atoms with Crippen LogP contribution in [0.5, 0.6) is 11.5 Å². The number of amides is 1. The summed E-state index contributed by atoms with van der Waals surface area (Å²) in [5.41, 5.74) is 1.99. The molecule has 0 saturated carbocycles. The second kappa shape index (κ2) is 11.4. The third-order valence-corrected chi connectivity index (χ3v) is 8.36. The molecule has 0 aliphatic carbocycles. The number of likely N-dealkylation sites (tertiary alicyclic amines) is 1. The minimum Gasteiger partial charge on any atom is -0.485 e. The Morgan fingerprint density at radius 2 is 1.90 bits per heavy atom. The predicted octanol–water partition coefficient (Wildman–Crippen LogP) is 1.54. The zero-order valence-corrected chi connectivity index (χ0v) is 22.4. The molecule has 0 spiro atoms. The van der Waals surface area contributed by atoms with Gasteiger partial charge in [0, 0.05) is 50.9 Å². The van der Waals surface area contributed by atoms with Crippen molar-refractivity contribution >= 4 is 17.4 Å². The average Bonchev–Trinajstić information content (AvgIpc) is 3.41. The van der Waals surface area contributed by atoms with Crippen LogP contribution in [-0.2, 0) is 4.74 Å². The number of benzene rings is 1. The van der Waals surface area contributed by atoms with Gasteiger partial charge in [0.2, 0.25) is 0 Å². The molecular formula is C28H37N7O4. The number of aliphatic imine (C=N–C) groups is 1. The monoisotopic (exact) mass is 535 g/mol. The van der Waals surface area contributed by atoms with Crippen molar-refractivity contribution in [1.82, 2.24) is 20.4 Å². The Hall–Kier alpha value is -3.33. The fraction of sp³-hybridized carbons (Fsp3) is 0.607. The molecule has 208 valence electrons. The SMILES string of the molecule is CCNC1CC(Nc2ccc(C(=O)N3CCC(N4CCOCC4)CC3)c3c2OCCO3)=NC2NC=C(C#N)C12. The van der Waals surface area contributed by atoms with Gasteiger partial charge in [0.1, 0.15) is 25.2 Å². The summed E-state index contributed by atoms with van der Waals surface area (Å²) in [7, 11) is 0. The minimum absolute atomic E-state index is 0.00128. The average molecular weight is 536 g/mol. The number of fused-ring (bicyclic) bond motifs is 2. The van der Waals surface area contributed by atoms with E-state index >= 15 is 0 Å². The highest BCUT2D eigenvalue weighted by molar-refractivity contribution is 6.02. The number of anilines is 1. The van der Waals surface area contributed by atoms with Crippen molar-refractivity contribution in [3.63, 3.8) is 0 Å². The van der Waals surface area contributed by atoms with Crippen LogP contribution in [0.15, 0.2) is 28.9 Å². The van der Waals surface area contributed by atoms with Crippen molar-refractivity contribution < 1.29 is 19.0 Å². The lowest BCUT2D eigenvalue weighted by atomic mass is 9.87. The zero-order chi connectivity index (χ0) is 26.8. The van der Waals surface area contributed by atoms with Gasteiger partial charge in [0.25, 0.3) is 5.91 Å². The van der Waals surface area contributed by atoms with Crippen molar-refractivity contribution in [2.45, 2.75) is 44.4 Å². The maximum atomic E-state index is 13.6. The van der Waals surface area contributed by atoms with E-state index in [1.807, 2.05) is 17.0 Å². The molecule has 1 aromatic carbocycles. The fourth-order valence-corrected chi connectivity index (χ4v) is 6.41. The van der Waals surface area contributed by atoms with Crippen LogP contribution in [0.3, 0.4) is 0 Å². The molecule has 39 heavy (non-hydrogen) atoms. The molecule has 2 saturated heterocycles. The van der Waals surface area contributed by atoms with Crippen LogP contribution in [0, 0.1) is 17.2 Å². The van der Waals surface area contributed by atoms with Crippen LogP contribution in [-0.4, -0.2) is 98.9 Å². The maximum Gasteiger partial charge on any atom is 0.257 e. The van der Waals surface area contributed by atoms with Crippen molar-refractivity contribution in [2.24, 2.45) is 10.9 Å². The summed E-state index contributed by atoms with van der Waals surface area (Å²) >= 11 is 0. The van der Waals surface area contributed by atoms with E-state index in [0.717, 1.165) is 75.9 Å². The summed E-state index contributed by atoms with van der Waals surface area (Å²) in [6, 6.07) is 6.62. The quantitative estimate of drug-likeness (QED) is 0.515. The number of nitriles is 1. The smallest absolute Gasteiger partial charge is 0.257 e. The Labute approximate surface area is 229 Å². The summed E-state index contributed by atoms with van der Waals surface area (Å²) < 4.78 is 17.6. The molecule has 0 radical (unpaired) electrons. The van der Waals surface area contributed by atoms with Crippen LogP contribution in [0.25, 0.3) is 0 Å². The minimum atomic E-state index is -0.200. The van der Waals surface area contributed by atoms with E-state index in [-0.39, 0.29) is 24.0 Å². The second-order valence-electron chi connectivity index (χ2n) is 10.6. The summed E-state index contributed by atoms with van der Waals surface area (Å²) in [6.07, 6.45) is 4.15. The summed E-state index contributed by atoms with van der Waals surface area (Å²) in [6.45, 7) is 8.66. The van der Waals surface area contributed by atoms with Crippen molar-refractivity contribution in [3.05, 3.63) is 29.5 Å². The molecule has 6 rings (SSSR count). The van der Waals surface area contributed by atoms with Crippen LogP contribution in [0.2, 0.25) is 0 Å². The molecule has 2 fully saturated rings. The van der Waals surface area contributed by atoms with Gasteiger partial charge >= 0.3 is 0 Å². The lowest BCUT2D eigenvalue weighted by molar-refractivity contribution is 0.00152. The molecule has 0 aromatic heterocycles. The number of hydrogen-bond acceptors (Lipinski definition) is 10. The second-order valence-corrected chi connectivity index (χ2v) is 10.6. The summed E-state index contributed by atoms with van der Waals surface area (Å²) in [4.78, 5) is 22.9. The number of hydrogen-bond donors (Lipinski definition) is 3. The van der Waals surface area contributed by atoms with Crippen LogP contribution >= 0.6 is 0 Å². The molecule has 1 amide bonds. The van der Waals surface area contributed by atoms with E-state index in [0.29, 0.717) is 42.7 Å². The molecule has 5 aliphatic heterocycles. The van der Waals surface area contributed by atoms with E-state index in [9.17, 15) is 10.1 Å². The number of ether oxygens (including phenoxy) is 3. The Kier molecular flexibility index (Phi) is 7.59. The number of rotatable bonds is 5. The van der Waals surface area contributed by atoms with E-state index in [4.69, 9.17) is 19.2 Å². The number of nitrogens with zero attached hydrogens (tertiary/aromatic N) is 4. The van der Waals surface area contributed by atoms with E-state index in [1.54, 1.807) is 6.20 Å². The highest BCUT2D eigenvalue weighted by Gasteiger charge is 2.40. The Morgan fingerprint density at radius 1 is 1.13 bits per heavy atom. The number of nitrogens with one attached hydrogen (secondary N) is 3. The first-order valence-corrected chi connectivity index (χ1v) is 14.1. The van der Waals surface area contributed by atoms with E-state index < -0.39 is 0 Å². The Balaban J connectivity index is 1.18. The summed E-state index contributed by atoms with van der Waals surface area (Å²) in [5.74, 6) is 1.83. The maximum absolute atomic E-state index is 13.6. The van der Waals surface area contributed by atoms with Crippen LogP contribution in [0.4, 0.5) is 5.69 Å². The van der Waals surface area contributed by atoms with Crippen molar-refractivity contribution in [2.75, 3.05) is 64.5 Å². The van der Waals surface area contributed by atoms with Gasteiger partial charge < -0.3 is 35.1 Å². The van der Waals surface area contributed by atoms with Gasteiger partial charge in [0.05, 0.1) is 42.0 Å². The van der Waals surface area contributed by atoms with Crippen molar-refractivity contribution in [1.29, 1.82) is 5.26 Å². The van der Waals surface area contributed by atoms with Gasteiger partial charge in [-0.15, -0.1) is 0 Å². The van der Waals surface area contributed by atoms with Crippen LogP contribution < -0.4 is 25.4 Å². The molecule has 5 heterocycles. The van der Waals surface area contributed by atoms with Gasteiger partial charge in [-0.05, 0) is 31.5 Å². The molecule has 11 nitrogen and oxygen atoms in total. The normalized spacial score (nSPS) is 27.1. The third kappa shape index (κ3) is 5.16. The first kappa shape index (κ1) is 25.9. The zero-order valence-electron chi connectivity index (χ0n) is 22.4. The predicted molar refractivity (Wildman–Crippen MR) is 146 cm³/mol. The molecular weight excluding hydrogens is 498 g/mol. The largest absolute Gasteiger partial charge is 0.485 e. The molecule has 3 unspecified atom stereocenters. The third-order valence-electron chi connectivity index (χ3n) is 8.36. The van der Waals surface area contributed by atoms with Crippen molar-refractivity contribution in [3.8, 4) is 17.6 Å². The number of amidine groups is 1. The van der Waals surface area contributed by atoms with Gasteiger partial charge in [-0.2, -0.15) is 5.26 Å². The molecule has 0 bridgehead atoms. The number of carbonyl (C=O) groups excluding carboxylic acids is 1.